The van der Waals surface area contributed by atoms with Crippen molar-refractivity contribution in [3.63, 3.8) is 0 Å². The summed E-state index contributed by atoms with van der Waals surface area (Å²) in [5, 5.41) is 15.3. The molecule has 6 atom stereocenters. The van der Waals surface area contributed by atoms with E-state index in [4.69, 9.17) is 26.2 Å². The first kappa shape index (κ1) is 30.4. The van der Waals surface area contributed by atoms with Crippen LogP contribution in [0.25, 0.3) is 0 Å². The van der Waals surface area contributed by atoms with Crippen molar-refractivity contribution in [1.82, 2.24) is 0 Å². The minimum atomic E-state index is -3.54. The number of hydrogen-bond donors (Lipinski definition) is 2. The van der Waals surface area contributed by atoms with Gasteiger partial charge in [-0.05, 0) is 117 Å². The minimum absolute atomic E-state index is 0.0145. The van der Waals surface area contributed by atoms with Crippen LogP contribution >= 0.6 is 11.6 Å². The number of hydrogen-bond acceptors (Lipinski definition) is 6. The highest BCUT2D eigenvalue weighted by Crippen LogP contribution is 2.48. The number of allylic oxidation sites excluding steroid dienone is 1. The number of carboxylic acid groups (broad SMARTS) is 1. The number of carbonyl (C=O) groups is 1. The fourth-order valence-electron chi connectivity index (χ4n) is 7.85. The third-order valence-corrected chi connectivity index (χ3v) is 11.9. The molecule has 6 rings (SSSR count). The standard InChI is InChI=1S/C33H41ClN2O6S/c1-20(43(35,39)40)12-21-13-25(14-21)31(41-2)27-8-5-24(27)17-36-18-33(11-3-4-22-15-26(34)7-9-28(22)33)19-42-30-10-6-23(32(37)38)16-29(30)36/h6-7,9-10,13,15-16,20-21,24,27,31H,3-5,8,11-12,14,17-19H2,1-2H3,(H,37,38)(H2,35,39,40)/t20-,21+,24+,27-,31-,33+/m1/s1. The summed E-state index contributed by atoms with van der Waals surface area (Å²) in [5.74, 6) is 0.650. The van der Waals surface area contributed by atoms with Crippen LogP contribution in [0.5, 0.6) is 5.75 Å². The van der Waals surface area contributed by atoms with E-state index in [1.54, 1.807) is 32.2 Å². The fraction of sp³-hybridized carbons (Fsp3) is 0.545. The van der Waals surface area contributed by atoms with Gasteiger partial charge in [0.05, 0.1) is 29.2 Å². The maximum absolute atomic E-state index is 12.0. The second-order valence-corrected chi connectivity index (χ2v) is 15.5. The first-order valence-electron chi connectivity index (χ1n) is 15.3. The predicted molar refractivity (Wildman–Crippen MR) is 168 cm³/mol. The van der Waals surface area contributed by atoms with E-state index < -0.39 is 21.2 Å². The first-order valence-corrected chi connectivity index (χ1v) is 17.2. The predicted octanol–water partition coefficient (Wildman–Crippen LogP) is 5.57. The Labute approximate surface area is 259 Å². The highest BCUT2D eigenvalue weighted by molar-refractivity contribution is 7.89. The van der Waals surface area contributed by atoms with Crippen LogP contribution in [0.4, 0.5) is 5.69 Å². The van der Waals surface area contributed by atoms with Crippen molar-refractivity contribution in [1.29, 1.82) is 0 Å². The van der Waals surface area contributed by atoms with Gasteiger partial charge in [0.1, 0.15) is 5.75 Å². The van der Waals surface area contributed by atoms with Gasteiger partial charge in [-0.2, -0.15) is 0 Å². The zero-order valence-electron chi connectivity index (χ0n) is 24.8. The number of aryl methyl sites for hydroxylation is 1. The molecule has 3 N–H and O–H groups in total. The largest absolute Gasteiger partial charge is 0.490 e. The molecule has 0 bridgehead atoms. The van der Waals surface area contributed by atoms with E-state index in [1.807, 2.05) is 6.07 Å². The van der Waals surface area contributed by atoms with Crippen molar-refractivity contribution in [3.8, 4) is 5.75 Å². The summed E-state index contributed by atoms with van der Waals surface area (Å²) in [6.07, 6.45) is 8.64. The van der Waals surface area contributed by atoms with E-state index in [9.17, 15) is 18.3 Å². The number of benzene rings is 2. The molecule has 1 heterocycles. The minimum Gasteiger partial charge on any atom is -0.490 e. The van der Waals surface area contributed by atoms with E-state index in [0.717, 1.165) is 68.1 Å². The topological polar surface area (TPSA) is 119 Å². The Bertz CT molecular complexity index is 1540. The summed E-state index contributed by atoms with van der Waals surface area (Å²) in [6.45, 7) is 3.70. The van der Waals surface area contributed by atoms with Gasteiger partial charge in [0, 0.05) is 30.6 Å². The molecule has 2 aromatic rings. The molecular weight excluding hydrogens is 588 g/mol. The number of ether oxygens (including phenoxy) is 2. The molecule has 1 fully saturated rings. The first-order chi connectivity index (χ1) is 20.5. The Morgan fingerprint density at radius 3 is 2.72 bits per heavy atom. The smallest absolute Gasteiger partial charge is 0.335 e. The Morgan fingerprint density at radius 1 is 1.26 bits per heavy atom. The van der Waals surface area contributed by atoms with Crippen molar-refractivity contribution < 1.29 is 27.8 Å². The molecular formula is C33H41ClN2O6S. The summed E-state index contributed by atoms with van der Waals surface area (Å²) < 4.78 is 36.0. The normalized spacial score (nSPS) is 27.9. The van der Waals surface area contributed by atoms with Gasteiger partial charge in [0.25, 0.3) is 0 Å². The van der Waals surface area contributed by atoms with Gasteiger partial charge in [-0.1, -0.05) is 23.7 Å². The number of halogens is 1. The number of methoxy groups -OCH3 is 1. The Hall–Kier alpha value is -2.59. The SMILES string of the molecule is CO[C@H](C1=C[C@H](C[C@@H](C)S(N)(=O)=O)C1)[C@@H]1CC[C@H]1CN1C[C@@]2(CCCc3cc(Cl)ccc32)COc2ccc(C(=O)O)cc21. The number of aromatic carboxylic acids is 1. The van der Waals surface area contributed by atoms with Crippen molar-refractivity contribution in [2.75, 3.05) is 31.7 Å². The Morgan fingerprint density at radius 2 is 2.05 bits per heavy atom. The lowest BCUT2D eigenvalue weighted by Gasteiger charge is -2.48. The van der Waals surface area contributed by atoms with Crippen LogP contribution in [0.1, 0.15) is 66.9 Å². The molecule has 1 aliphatic heterocycles. The average molecular weight is 629 g/mol. The van der Waals surface area contributed by atoms with E-state index in [-0.39, 0.29) is 23.0 Å². The Kier molecular flexibility index (Phi) is 8.30. The third-order valence-electron chi connectivity index (χ3n) is 10.4. The van der Waals surface area contributed by atoms with E-state index in [2.05, 4.69) is 23.1 Å². The van der Waals surface area contributed by atoms with Crippen molar-refractivity contribution in [2.45, 2.75) is 68.6 Å². The number of primary sulfonamides is 1. The maximum atomic E-state index is 12.0. The highest BCUT2D eigenvalue weighted by atomic mass is 35.5. The van der Waals surface area contributed by atoms with Gasteiger partial charge in [-0.25, -0.2) is 18.4 Å². The van der Waals surface area contributed by atoms with Gasteiger partial charge in [0.2, 0.25) is 10.0 Å². The highest BCUT2D eigenvalue weighted by Gasteiger charge is 2.46. The number of fused-ring (bicyclic) bond motifs is 3. The van der Waals surface area contributed by atoms with Crippen molar-refractivity contribution in [2.24, 2.45) is 22.9 Å². The number of nitrogens with zero attached hydrogens (tertiary/aromatic N) is 1. The molecule has 8 nitrogen and oxygen atoms in total. The van der Waals surface area contributed by atoms with Crippen LogP contribution in [0, 0.1) is 17.8 Å². The maximum Gasteiger partial charge on any atom is 0.335 e. The molecule has 0 radical (unpaired) electrons. The molecule has 4 aliphatic rings. The number of nitrogens with two attached hydrogens (primary N) is 1. The van der Waals surface area contributed by atoms with Crippen LogP contribution in [-0.2, 0) is 26.6 Å². The lowest BCUT2D eigenvalue weighted by molar-refractivity contribution is 0.000417. The Balaban J connectivity index is 1.26. The van der Waals surface area contributed by atoms with Crippen molar-refractivity contribution >= 4 is 33.3 Å². The fourth-order valence-corrected chi connectivity index (χ4v) is 8.56. The molecule has 0 amide bonds. The van der Waals surface area contributed by atoms with Crippen LogP contribution in [0.15, 0.2) is 48.0 Å². The third kappa shape index (κ3) is 5.93. The van der Waals surface area contributed by atoms with Crippen molar-refractivity contribution in [3.05, 3.63) is 69.8 Å². The zero-order valence-corrected chi connectivity index (χ0v) is 26.4. The van der Waals surface area contributed by atoms with Crippen LogP contribution in [0.2, 0.25) is 5.02 Å². The second kappa shape index (κ2) is 11.7. The molecule has 2 aromatic carbocycles. The van der Waals surface area contributed by atoms with Gasteiger partial charge < -0.3 is 19.5 Å². The van der Waals surface area contributed by atoms with E-state index in [1.165, 1.54) is 16.7 Å². The molecule has 3 aliphatic carbocycles. The van der Waals surface area contributed by atoms with Crippen LogP contribution in [0.3, 0.4) is 0 Å². The van der Waals surface area contributed by atoms with Crippen LogP contribution in [-0.4, -0.2) is 57.7 Å². The number of sulfonamides is 1. The second-order valence-electron chi connectivity index (χ2n) is 13.1. The van der Waals surface area contributed by atoms with Gasteiger partial charge in [-0.3, -0.25) is 0 Å². The quantitative estimate of drug-likeness (QED) is 0.349. The van der Waals surface area contributed by atoms with Gasteiger partial charge in [0.15, 0.2) is 0 Å². The number of anilines is 1. The molecule has 1 spiro atoms. The molecule has 232 valence electrons. The van der Waals surface area contributed by atoms with Gasteiger partial charge in [-0.15, -0.1) is 0 Å². The summed E-state index contributed by atoms with van der Waals surface area (Å²) in [6, 6.07) is 11.4. The molecule has 43 heavy (non-hydrogen) atoms. The lowest BCUT2D eigenvalue weighted by Crippen LogP contribution is -2.50. The lowest BCUT2D eigenvalue weighted by atomic mass is 9.65. The molecule has 0 aromatic heterocycles. The summed E-state index contributed by atoms with van der Waals surface area (Å²) in [4.78, 5) is 14.3. The molecule has 0 saturated heterocycles. The average Bonchev–Trinajstić information content (AvgIpc) is 3.07. The zero-order chi connectivity index (χ0) is 30.5. The van der Waals surface area contributed by atoms with Crippen LogP contribution < -0.4 is 14.8 Å². The van der Waals surface area contributed by atoms with Gasteiger partial charge >= 0.3 is 5.97 Å². The molecule has 1 saturated carbocycles. The monoisotopic (exact) mass is 628 g/mol. The summed E-state index contributed by atoms with van der Waals surface area (Å²) in [7, 11) is -1.78. The molecule has 0 unspecified atom stereocenters. The summed E-state index contributed by atoms with van der Waals surface area (Å²) >= 11 is 6.39. The number of rotatable bonds is 9. The summed E-state index contributed by atoms with van der Waals surface area (Å²) in [5.41, 5.74) is 4.63. The van der Waals surface area contributed by atoms with E-state index in [0.29, 0.717) is 24.9 Å². The van der Waals surface area contributed by atoms with E-state index >= 15 is 0 Å². The molecule has 10 heteroatoms. The number of carboxylic acids is 1.